The minimum absolute atomic E-state index is 0.0859. The quantitative estimate of drug-likeness (QED) is 0.792. The number of rotatable bonds is 2. The topological polar surface area (TPSA) is 47.6 Å². The minimum atomic E-state index is -0.362. The molecule has 1 amide bonds. The van der Waals surface area contributed by atoms with Crippen molar-refractivity contribution < 1.29 is 14.1 Å². The van der Waals surface area contributed by atoms with E-state index in [0.717, 1.165) is 6.42 Å². The molecule has 2 aliphatic rings. The fourth-order valence-electron chi connectivity index (χ4n) is 2.34. The van der Waals surface area contributed by atoms with Gasteiger partial charge < -0.3 is 14.6 Å². The molecule has 0 bridgehead atoms. The second-order valence-electron chi connectivity index (χ2n) is 8.57. The van der Waals surface area contributed by atoms with Gasteiger partial charge in [0.25, 0.3) is 0 Å². The summed E-state index contributed by atoms with van der Waals surface area (Å²) in [6.45, 7) is 16.1. The van der Waals surface area contributed by atoms with Crippen LogP contribution >= 0.6 is 0 Å². The highest BCUT2D eigenvalue weighted by molar-refractivity contribution is 6.51. The van der Waals surface area contributed by atoms with Crippen molar-refractivity contribution in [3.05, 3.63) is 0 Å². The van der Waals surface area contributed by atoms with Crippen LogP contribution in [0, 0.1) is 5.41 Å². The van der Waals surface area contributed by atoms with E-state index in [0.29, 0.717) is 0 Å². The number of hydrogen-bond acceptors (Lipinski definition) is 3. The van der Waals surface area contributed by atoms with Gasteiger partial charge in [-0.25, -0.2) is 0 Å². The van der Waals surface area contributed by atoms with Crippen LogP contribution in [0.15, 0.2) is 0 Å². The van der Waals surface area contributed by atoms with Gasteiger partial charge in [0.05, 0.1) is 11.2 Å². The lowest BCUT2D eigenvalue weighted by molar-refractivity contribution is -0.128. The normalized spacial score (nSPS) is 35.0. The minimum Gasteiger partial charge on any atom is -0.403 e. The molecule has 0 aromatic heterocycles. The summed E-state index contributed by atoms with van der Waals surface area (Å²) in [6.07, 6.45) is 0.908. The number of nitrogens with one attached hydrogen (secondary N) is 1. The molecule has 4 nitrogen and oxygen atoms in total. The van der Waals surface area contributed by atoms with Gasteiger partial charge in [0.15, 0.2) is 0 Å². The molecule has 114 valence electrons. The van der Waals surface area contributed by atoms with Gasteiger partial charge >= 0.3 is 7.12 Å². The zero-order valence-corrected chi connectivity index (χ0v) is 14.1. The molecule has 1 saturated heterocycles. The fraction of sp³-hybridized carbons (Fsp3) is 0.933. The highest BCUT2D eigenvalue weighted by Gasteiger charge is 2.67. The van der Waals surface area contributed by atoms with Gasteiger partial charge in [-0.3, -0.25) is 4.79 Å². The Balaban J connectivity index is 2.01. The van der Waals surface area contributed by atoms with Gasteiger partial charge in [-0.15, -0.1) is 0 Å². The van der Waals surface area contributed by atoms with Crippen molar-refractivity contribution in [2.24, 2.45) is 5.41 Å². The predicted octanol–water partition coefficient (Wildman–Crippen LogP) is 2.77. The standard InChI is InChI=1S/C15H28BNO3/c1-12(2,3)11(18)17-10-9-15(10,8)16-19-13(4,5)14(6,7)20-16/h10H,9H2,1-8H3,(H,17,18). The predicted molar refractivity (Wildman–Crippen MR) is 80.5 cm³/mol. The van der Waals surface area contributed by atoms with Crippen molar-refractivity contribution >= 4 is 13.0 Å². The van der Waals surface area contributed by atoms with Crippen molar-refractivity contribution in [3.8, 4) is 0 Å². The van der Waals surface area contributed by atoms with E-state index in [1.165, 1.54) is 0 Å². The summed E-state index contributed by atoms with van der Waals surface area (Å²) in [5.74, 6) is 0.0859. The first-order valence-electron chi connectivity index (χ1n) is 7.46. The monoisotopic (exact) mass is 281 g/mol. The van der Waals surface area contributed by atoms with E-state index < -0.39 is 0 Å². The molecule has 2 unspecified atom stereocenters. The van der Waals surface area contributed by atoms with Crippen molar-refractivity contribution in [1.29, 1.82) is 0 Å². The average molecular weight is 281 g/mol. The number of amides is 1. The molecule has 2 fully saturated rings. The Morgan fingerprint density at radius 1 is 1.10 bits per heavy atom. The van der Waals surface area contributed by atoms with Crippen LogP contribution in [0.25, 0.3) is 0 Å². The van der Waals surface area contributed by atoms with Gasteiger partial charge in [-0.05, 0) is 34.1 Å². The first-order valence-corrected chi connectivity index (χ1v) is 7.46. The molecule has 1 aliphatic heterocycles. The lowest BCUT2D eigenvalue weighted by Gasteiger charge is -2.32. The van der Waals surface area contributed by atoms with Crippen molar-refractivity contribution in [2.45, 2.75) is 84.4 Å². The average Bonchev–Trinajstić information content (AvgIpc) is 2.80. The Hall–Kier alpha value is -0.545. The summed E-state index contributed by atoms with van der Waals surface area (Å²) in [4.78, 5) is 12.1. The van der Waals surface area contributed by atoms with Gasteiger partial charge in [-0.1, -0.05) is 27.7 Å². The van der Waals surface area contributed by atoms with Crippen molar-refractivity contribution in [3.63, 3.8) is 0 Å². The van der Waals surface area contributed by atoms with E-state index >= 15 is 0 Å². The van der Waals surface area contributed by atoms with Crippen LogP contribution in [0.2, 0.25) is 5.31 Å². The molecule has 1 saturated carbocycles. The Labute approximate surface area is 123 Å². The maximum atomic E-state index is 12.1. The summed E-state index contributed by atoms with van der Waals surface area (Å²) in [6, 6.07) is 0.143. The summed E-state index contributed by atoms with van der Waals surface area (Å²) >= 11 is 0. The maximum Gasteiger partial charge on any atom is 0.466 e. The van der Waals surface area contributed by atoms with Crippen LogP contribution in [-0.2, 0) is 14.1 Å². The molecule has 0 radical (unpaired) electrons. The summed E-state index contributed by atoms with van der Waals surface area (Å²) in [5.41, 5.74) is -0.997. The van der Waals surface area contributed by atoms with Crippen LogP contribution in [0.4, 0.5) is 0 Å². The first kappa shape index (κ1) is 15.8. The Kier molecular flexibility index (Phi) is 3.35. The molecular formula is C15H28BNO3. The van der Waals surface area contributed by atoms with Crippen LogP contribution in [-0.4, -0.2) is 30.3 Å². The molecule has 1 aliphatic carbocycles. The smallest absolute Gasteiger partial charge is 0.403 e. The van der Waals surface area contributed by atoms with Gasteiger partial charge in [0, 0.05) is 16.8 Å². The van der Waals surface area contributed by atoms with E-state index in [9.17, 15) is 4.79 Å². The van der Waals surface area contributed by atoms with E-state index in [-0.39, 0.29) is 41.0 Å². The van der Waals surface area contributed by atoms with Crippen molar-refractivity contribution in [2.75, 3.05) is 0 Å². The van der Waals surface area contributed by atoms with Crippen LogP contribution in [0.5, 0.6) is 0 Å². The third-order valence-electron chi connectivity index (χ3n) is 5.06. The Bertz CT molecular complexity index is 411. The second kappa shape index (κ2) is 4.23. The molecule has 2 atom stereocenters. The molecule has 1 heterocycles. The molecule has 0 spiro atoms. The molecular weight excluding hydrogens is 253 g/mol. The third-order valence-corrected chi connectivity index (χ3v) is 5.06. The Morgan fingerprint density at radius 2 is 1.55 bits per heavy atom. The number of carbonyl (C=O) groups excluding carboxylic acids is 1. The highest BCUT2D eigenvalue weighted by atomic mass is 16.7. The fourth-order valence-corrected chi connectivity index (χ4v) is 2.34. The van der Waals surface area contributed by atoms with Crippen LogP contribution < -0.4 is 5.32 Å². The van der Waals surface area contributed by atoms with Crippen LogP contribution in [0.1, 0.15) is 61.8 Å². The Morgan fingerprint density at radius 3 is 1.95 bits per heavy atom. The number of hydrogen-bond donors (Lipinski definition) is 1. The molecule has 1 N–H and O–H groups in total. The second-order valence-corrected chi connectivity index (χ2v) is 8.57. The van der Waals surface area contributed by atoms with Crippen LogP contribution in [0.3, 0.4) is 0 Å². The van der Waals surface area contributed by atoms with E-state index in [1.807, 2.05) is 20.8 Å². The molecule has 5 heteroatoms. The van der Waals surface area contributed by atoms with E-state index in [2.05, 4.69) is 39.9 Å². The summed E-state index contributed by atoms with van der Waals surface area (Å²) in [5, 5.41) is 3.00. The lowest BCUT2D eigenvalue weighted by atomic mass is 9.68. The van der Waals surface area contributed by atoms with Gasteiger partial charge in [-0.2, -0.15) is 0 Å². The molecule has 20 heavy (non-hydrogen) atoms. The third kappa shape index (κ3) is 2.50. The zero-order valence-electron chi connectivity index (χ0n) is 14.1. The van der Waals surface area contributed by atoms with E-state index in [1.54, 1.807) is 0 Å². The van der Waals surface area contributed by atoms with Gasteiger partial charge in [0.2, 0.25) is 5.91 Å². The zero-order chi connectivity index (χ0) is 15.6. The first-order chi connectivity index (χ1) is 8.80. The SMILES string of the molecule is CC(C)(C)C(=O)NC1CC1(C)B1OC(C)(C)C(C)(C)O1. The maximum absolute atomic E-state index is 12.1. The largest absolute Gasteiger partial charge is 0.466 e. The van der Waals surface area contributed by atoms with Crippen molar-refractivity contribution in [1.82, 2.24) is 5.32 Å². The lowest BCUT2D eigenvalue weighted by Crippen LogP contribution is -2.41. The number of carbonyl (C=O) groups is 1. The van der Waals surface area contributed by atoms with E-state index in [4.69, 9.17) is 9.31 Å². The summed E-state index contributed by atoms with van der Waals surface area (Å²) in [7, 11) is -0.252. The molecule has 0 aromatic carbocycles. The molecule has 2 rings (SSSR count). The van der Waals surface area contributed by atoms with Gasteiger partial charge in [0.1, 0.15) is 0 Å². The highest BCUT2D eigenvalue weighted by Crippen LogP contribution is 2.60. The molecule has 0 aromatic rings. The summed E-state index contributed by atoms with van der Waals surface area (Å²) < 4.78 is 12.2.